The standard InChI is InChI=1S/C14H18Cl2N2OS2/c1-4-18(5-2)14(20)21-9(3)13(19)17-12-7-10(15)6-11(16)8-12/h6-9H,4-5H2,1-3H3,(H,17,19)/t9-/m1/s1. The predicted octanol–water partition coefficient (Wildman–Crippen LogP) is 4.68. The number of anilines is 1. The lowest BCUT2D eigenvalue weighted by atomic mass is 10.3. The zero-order valence-electron chi connectivity index (χ0n) is 12.2. The molecular weight excluding hydrogens is 347 g/mol. The first-order valence-corrected chi connectivity index (χ1v) is 8.64. The van der Waals surface area contributed by atoms with Crippen molar-refractivity contribution in [3.63, 3.8) is 0 Å². The van der Waals surface area contributed by atoms with Gasteiger partial charge in [0.1, 0.15) is 4.32 Å². The Hall–Kier alpha value is -0.490. The summed E-state index contributed by atoms with van der Waals surface area (Å²) in [5.74, 6) is -0.132. The van der Waals surface area contributed by atoms with Crippen molar-refractivity contribution < 1.29 is 4.79 Å². The second-order valence-corrected chi connectivity index (χ2v) is 7.19. The van der Waals surface area contributed by atoms with Crippen molar-refractivity contribution in [1.82, 2.24) is 4.90 Å². The van der Waals surface area contributed by atoms with Crippen LogP contribution in [0.5, 0.6) is 0 Å². The number of carbonyl (C=O) groups is 1. The van der Waals surface area contributed by atoms with Crippen LogP contribution in [-0.2, 0) is 4.79 Å². The van der Waals surface area contributed by atoms with E-state index in [9.17, 15) is 4.79 Å². The van der Waals surface area contributed by atoms with Crippen molar-refractivity contribution in [1.29, 1.82) is 0 Å². The van der Waals surface area contributed by atoms with E-state index in [0.717, 1.165) is 17.4 Å². The maximum absolute atomic E-state index is 12.2. The van der Waals surface area contributed by atoms with Gasteiger partial charge in [0.05, 0.1) is 5.25 Å². The van der Waals surface area contributed by atoms with Gasteiger partial charge in [0.15, 0.2) is 0 Å². The number of halogens is 2. The van der Waals surface area contributed by atoms with E-state index in [2.05, 4.69) is 5.32 Å². The van der Waals surface area contributed by atoms with Crippen LogP contribution in [0.4, 0.5) is 5.69 Å². The molecule has 0 saturated carbocycles. The predicted molar refractivity (Wildman–Crippen MR) is 97.7 cm³/mol. The minimum atomic E-state index is -0.296. The van der Waals surface area contributed by atoms with Crippen LogP contribution in [0.1, 0.15) is 20.8 Å². The van der Waals surface area contributed by atoms with E-state index in [1.165, 1.54) is 11.8 Å². The summed E-state index contributed by atoms with van der Waals surface area (Å²) in [4.78, 5) is 14.2. The lowest BCUT2D eigenvalue weighted by Gasteiger charge is -2.22. The molecule has 1 aromatic carbocycles. The molecule has 0 heterocycles. The summed E-state index contributed by atoms with van der Waals surface area (Å²) in [5.41, 5.74) is 0.582. The molecule has 7 heteroatoms. The van der Waals surface area contributed by atoms with E-state index >= 15 is 0 Å². The van der Waals surface area contributed by atoms with Gasteiger partial charge in [0.25, 0.3) is 0 Å². The molecule has 21 heavy (non-hydrogen) atoms. The monoisotopic (exact) mass is 364 g/mol. The number of hydrogen-bond donors (Lipinski definition) is 1. The molecule has 0 radical (unpaired) electrons. The molecule has 0 aliphatic heterocycles. The molecule has 0 fully saturated rings. The van der Waals surface area contributed by atoms with Crippen LogP contribution in [0.15, 0.2) is 18.2 Å². The van der Waals surface area contributed by atoms with Crippen LogP contribution in [0.25, 0.3) is 0 Å². The number of hydrogen-bond acceptors (Lipinski definition) is 3. The lowest BCUT2D eigenvalue weighted by Crippen LogP contribution is -2.31. The molecule has 0 unspecified atom stereocenters. The number of amides is 1. The Bertz CT molecular complexity index is 501. The van der Waals surface area contributed by atoms with E-state index in [-0.39, 0.29) is 11.2 Å². The molecule has 1 rings (SSSR count). The summed E-state index contributed by atoms with van der Waals surface area (Å²) in [6, 6.07) is 4.93. The molecule has 1 N–H and O–H groups in total. The van der Waals surface area contributed by atoms with Gasteiger partial charge in [-0.25, -0.2) is 0 Å². The van der Waals surface area contributed by atoms with Gasteiger partial charge >= 0.3 is 0 Å². The van der Waals surface area contributed by atoms with Crippen molar-refractivity contribution in [2.24, 2.45) is 0 Å². The van der Waals surface area contributed by atoms with Crippen molar-refractivity contribution in [3.05, 3.63) is 28.2 Å². The Balaban J connectivity index is 2.64. The zero-order valence-corrected chi connectivity index (χ0v) is 15.3. The molecule has 0 spiro atoms. The summed E-state index contributed by atoms with van der Waals surface area (Å²) in [5, 5.41) is 3.47. The summed E-state index contributed by atoms with van der Waals surface area (Å²) >= 11 is 18.5. The Morgan fingerprint density at radius 3 is 2.29 bits per heavy atom. The third-order valence-corrected chi connectivity index (χ3v) is 4.81. The first-order valence-electron chi connectivity index (χ1n) is 6.59. The Kier molecular flexibility index (Phi) is 7.81. The van der Waals surface area contributed by atoms with E-state index in [1.807, 2.05) is 25.7 Å². The summed E-state index contributed by atoms with van der Waals surface area (Å²) < 4.78 is 0.728. The Morgan fingerprint density at radius 2 is 1.81 bits per heavy atom. The van der Waals surface area contributed by atoms with Gasteiger partial charge in [0.2, 0.25) is 5.91 Å². The molecule has 3 nitrogen and oxygen atoms in total. The highest BCUT2D eigenvalue weighted by Crippen LogP contribution is 2.24. The van der Waals surface area contributed by atoms with E-state index in [1.54, 1.807) is 18.2 Å². The van der Waals surface area contributed by atoms with Gasteiger partial charge in [-0.3, -0.25) is 4.79 Å². The second kappa shape index (κ2) is 8.83. The highest BCUT2D eigenvalue weighted by molar-refractivity contribution is 8.23. The van der Waals surface area contributed by atoms with Crippen molar-refractivity contribution >= 4 is 63.1 Å². The normalized spacial score (nSPS) is 11.9. The van der Waals surface area contributed by atoms with Gasteiger partial charge in [-0.15, -0.1) is 0 Å². The van der Waals surface area contributed by atoms with Crippen LogP contribution in [0.2, 0.25) is 10.0 Å². The molecule has 0 aromatic heterocycles. The van der Waals surface area contributed by atoms with Gasteiger partial charge < -0.3 is 10.2 Å². The summed E-state index contributed by atoms with van der Waals surface area (Å²) in [6.07, 6.45) is 0. The van der Waals surface area contributed by atoms with Crippen LogP contribution < -0.4 is 5.32 Å². The molecule has 0 bridgehead atoms. The summed E-state index contributed by atoms with van der Waals surface area (Å²) in [6.45, 7) is 7.56. The minimum Gasteiger partial charge on any atom is -0.358 e. The molecule has 1 amide bonds. The van der Waals surface area contributed by atoms with Gasteiger partial charge in [-0.2, -0.15) is 0 Å². The minimum absolute atomic E-state index is 0.132. The topological polar surface area (TPSA) is 32.3 Å². The molecule has 1 atom stereocenters. The van der Waals surface area contributed by atoms with Crippen molar-refractivity contribution in [2.75, 3.05) is 18.4 Å². The highest BCUT2D eigenvalue weighted by atomic mass is 35.5. The third kappa shape index (κ3) is 6.02. The van der Waals surface area contributed by atoms with E-state index < -0.39 is 0 Å². The Morgan fingerprint density at radius 1 is 1.29 bits per heavy atom. The molecule has 0 aliphatic rings. The smallest absolute Gasteiger partial charge is 0.237 e. The lowest BCUT2D eigenvalue weighted by molar-refractivity contribution is -0.115. The second-order valence-electron chi connectivity index (χ2n) is 4.35. The summed E-state index contributed by atoms with van der Waals surface area (Å²) in [7, 11) is 0. The molecular formula is C14H18Cl2N2OS2. The molecule has 0 saturated heterocycles. The fourth-order valence-electron chi connectivity index (χ4n) is 1.63. The SMILES string of the molecule is CCN(CC)C(=S)S[C@H](C)C(=O)Nc1cc(Cl)cc(Cl)c1. The van der Waals surface area contributed by atoms with Crippen LogP contribution in [0.3, 0.4) is 0 Å². The molecule has 116 valence electrons. The molecule has 1 aromatic rings. The molecule has 0 aliphatic carbocycles. The van der Waals surface area contributed by atoms with E-state index in [0.29, 0.717) is 15.7 Å². The van der Waals surface area contributed by atoms with E-state index in [4.69, 9.17) is 35.4 Å². The number of nitrogens with one attached hydrogen (secondary N) is 1. The van der Waals surface area contributed by atoms with Gasteiger partial charge in [-0.1, -0.05) is 47.2 Å². The maximum atomic E-state index is 12.2. The Labute approximate surface area is 145 Å². The number of rotatable bonds is 5. The number of carbonyl (C=O) groups excluding carboxylic acids is 1. The fourth-order valence-corrected chi connectivity index (χ4v) is 3.72. The largest absolute Gasteiger partial charge is 0.358 e. The van der Waals surface area contributed by atoms with Crippen molar-refractivity contribution in [2.45, 2.75) is 26.0 Å². The number of benzene rings is 1. The first kappa shape index (κ1) is 18.6. The highest BCUT2D eigenvalue weighted by Gasteiger charge is 2.18. The van der Waals surface area contributed by atoms with Gasteiger partial charge in [0, 0.05) is 28.8 Å². The number of nitrogens with zero attached hydrogens (tertiary/aromatic N) is 1. The van der Waals surface area contributed by atoms with Gasteiger partial charge in [-0.05, 0) is 39.0 Å². The number of thioether (sulfide) groups is 1. The quantitative estimate of drug-likeness (QED) is 0.768. The zero-order chi connectivity index (χ0) is 16.0. The average molecular weight is 365 g/mol. The third-order valence-electron chi connectivity index (χ3n) is 2.80. The van der Waals surface area contributed by atoms with Crippen LogP contribution in [-0.4, -0.2) is 33.5 Å². The van der Waals surface area contributed by atoms with Crippen molar-refractivity contribution in [3.8, 4) is 0 Å². The van der Waals surface area contributed by atoms with Crippen LogP contribution in [0, 0.1) is 0 Å². The first-order chi connectivity index (χ1) is 9.87. The average Bonchev–Trinajstić information content (AvgIpc) is 2.38. The maximum Gasteiger partial charge on any atom is 0.237 e. The number of thiocarbonyl (C=S) groups is 1. The fraction of sp³-hybridized carbons (Fsp3) is 0.429. The van der Waals surface area contributed by atoms with Crippen LogP contribution >= 0.6 is 47.2 Å².